The van der Waals surface area contributed by atoms with Gasteiger partial charge in [0.15, 0.2) is 0 Å². The second kappa shape index (κ2) is 5.82. The van der Waals surface area contributed by atoms with E-state index in [1.807, 2.05) is 18.2 Å². The summed E-state index contributed by atoms with van der Waals surface area (Å²) in [6.07, 6.45) is 2.50. The highest BCUT2D eigenvalue weighted by Gasteiger charge is 1.90. The third-order valence-corrected chi connectivity index (χ3v) is 1.81. The molecule has 1 aromatic carbocycles. The standard InChI is InChI=1S/C12H12O2/c13-12(14)10-6-2-5-9-11-7-3-1-4-8-11/h1,3-4,7-8H,2,5,9H2,(H,13,14). The van der Waals surface area contributed by atoms with E-state index in [2.05, 4.69) is 24.0 Å². The largest absolute Gasteiger partial charge is 0.472 e. The minimum absolute atomic E-state index is 0.640. The molecule has 1 aromatic rings. The van der Waals surface area contributed by atoms with Crippen LogP contribution < -0.4 is 0 Å². The molecule has 1 rings (SSSR count). The summed E-state index contributed by atoms with van der Waals surface area (Å²) < 4.78 is 0. The first-order chi connectivity index (χ1) is 6.79. The van der Waals surface area contributed by atoms with Crippen LogP contribution >= 0.6 is 0 Å². The number of carboxylic acids is 1. The molecule has 0 bridgehead atoms. The molecule has 0 heterocycles. The first-order valence-corrected chi connectivity index (χ1v) is 4.55. The summed E-state index contributed by atoms with van der Waals surface area (Å²) in [5, 5.41) is 8.26. The van der Waals surface area contributed by atoms with Gasteiger partial charge in [0, 0.05) is 12.3 Å². The highest BCUT2D eigenvalue weighted by molar-refractivity contribution is 5.86. The van der Waals surface area contributed by atoms with Crippen molar-refractivity contribution in [2.45, 2.75) is 19.3 Å². The zero-order valence-corrected chi connectivity index (χ0v) is 7.86. The molecule has 0 aromatic heterocycles. The molecule has 0 atom stereocenters. The van der Waals surface area contributed by atoms with Crippen LogP contribution in [-0.2, 0) is 11.2 Å². The molecule has 0 unspecified atom stereocenters. The molecule has 0 aliphatic carbocycles. The van der Waals surface area contributed by atoms with Crippen LogP contribution in [0.4, 0.5) is 0 Å². The molecule has 0 saturated carbocycles. The minimum Gasteiger partial charge on any atom is -0.472 e. The number of unbranched alkanes of at least 4 members (excludes halogenated alkanes) is 1. The first kappa shape index (κ1) is 10.3. The van der Waals surface area contributed by atoms with E-state index in [0.29, 0.717) is 6.42 Å². The zero-order chi connectivity index (χ0) is 10.2. The Morgan fingerprint density at radius 1 is 1.29 bits per heavy atom. The SMILES string of the molecule is O=C(O)C#CCCCc1ccccc1. The third-order valence-electron chi connectivity index (χ3n) is 1.81. The van der Waals surface area contributed by atoms with E-state index in [9.17, 15) is 4.79 Å². The van der Waals surface area contributed by atoms with Gasteiger partial charge in [-0.3, -0.25) is 0 Å². The van der Waals surface area contributed by atoms with Gasteiger partial charge in [-0.1, -0.05) is 36.3 Å². The Hall–Kier alpha value is -1.75. The van der Waals surface area contributed by atoms with Crippen LogP contribution in [0.3, 0.4) is 0 Å². The Bertz CT molecular complexity index is 344. The van der Waals surface area contributed by atoms with Crippen LogP contribution in [-0.4, -0.2) is 11.1 Å². The molecule has 2 nitrogen and oxygen atoms in total. The number of aryl methyl sites for hydroxylation is 1. The van der Waals surface area contributed by atoms with Crippen molar-refractivity contribution in [3.05, 3.63) is 35.9 Å². The van der Waals surface area contributed by atoms with Crippen molar-refractivity contribution >= 4 is 5.97 Å². The summed E-state index contributed by atoms with van der Waals surface area (Å²) in [5.74, 6) is 3.65. The fourth-order valence-corrected chi connectivity index (χ4v) is 1.16. The van der Waals surface area contributed by atoms with Gasteiger partial charge in [0.1, 0.15) is 0 Å². The molecule has 14 heavy (non-hydrogen) atoms. The lowest BCUT2D eigenvalue weighted by molar-refractivity contribution is -0.130. The molecule has 0 saturated heterocycles. The smallest absolute Gasteiger partial charge is 0.381 e. The highest BCUT2D eigenvalue weighted by Crippen LogP contribution is 2.03. The number of rotatable bonds is 3. The fourth-order valence-electron chi connectivity index (χ4n) is 1.16. The molecule has 0 amide bonds. The molecule has 0 aliphatic heterocycles. The lowest BCUT2D eigenvalue weighted by atomic mass is 10.1. The molecular formula is C12H12O2. The number of carboxylic acid groups (broad SMARTS) is 1. The maximum absolute atomic E-state index is 10.1. The van der Waals surface area contributed by atoms with Crippen LogP contribution in [0.25, 0.3) is 0 Å². The number of benzene rings is 1. The van der Waals surface area contributed by atoms with Gasteiger partial charge in [0.2, 0.25) is 0 Å². The maximum Gasteiger partial charge on any atom is 0.381 e. The molecule has 2 heteroatoms. The second-order valence-electron chi connectivity index (χ2n) is 2.95. The molecule has 0 radical (unpaired) electrons. The van der Waals surface area contributed by atoms with Gasteiger partial charge in [-0.25, -0.2) is 4.79 Å². The third kappa shape index (κ3) is 4.32. The van der Waals surface area contributed by atoms with Gasteiger partial charge in [0.05, 0.1) is 0 Å². The number of hydrogen-bond acceptors (Lipinski definition) is 1. The molecule has 1 N–H and O–H groups in total. The van der Waals surface area contributed by atoms with Crippen LogP contribution in [0.2, 0.25) is 0 Å². The van der Waals surface area contributed by atoms with Crippen LogP contribution in [0.15, 0.2) is 30.3 Å². The van der Waals surface area contributed by atoms with E-state index in [1.54, 1.807) is 0 Å². The predicted molar refractivity (Wildman–Crippen MR) is 54.8 cm³/mol. The summed E-state index contributed by atoms with van der Waals surface area (Å²) in [4.78, 5) is 10.1. The molecule has 0 fully saturated rings. The number of aliphatic carboxylic acids is 1. The quantitative estimate of drug-likeness (QED) is 0.582. The van der Waals surface area contributed by atoms with Crippen molar-refractivity contribution in [1.82, 2.24) is 0 Å². The second-order valence-corrected chi connectivity index (χ2v) is 2.95. The maximum atomic E-state index is 10.1. The summed E-state index contributed by atoms with van der Waals surface area (Å²) >= 11 is 0. The van der Waals surface area contributed by atoms with E-state index in [-0.39, 0.29) is 0 Å². The van der Waals surface area contributed by atoms with Gasteiger partial charge >= 0.3 is 5.97 Å². The van der Waals surface area contributed by atoms with E-state index in [0.717, 1.165) is 12.8 Å². The predicted octanol–water partition coefficient (Wildman–Crippen LogP) is 2.10. The topological polar surface area (TPSA) is 37.3 Å². The molecular weight excluding hydrogens is 176 g/mol. The average Bonchev–Trinajstić information content (AvgIpc) is 2.18. The van der Waals surface area contributed by atoms with Crippen molar-refractivity contribution in [2.75, 3.05) is 0 Å². The van der Waals surface area contributed by atoms with Gasteiger partial charge in [-0.2, -0.15) is 0 Å². The Labute approximate surface area is 83.6 Å². The van der Waals surface area contributed by atoms with Crippen LogP contribution in [0, 0.1) is 11.8 Å². The Kier molecular flexibility index (Phi) is 4.30. The van der Waals surface area contributed by atoms with Crippen molar-refractivity contribution in [3.63, 3.8) is 0 Å². The normalized spacial score (nSPS) is 8.86. The summed E-state index contributed by atoms with van der Waals surface area (Å²) in [7, 11) is 0. The Balaban J connectivity index is 2.24. The fraction of sp³-hybridized carbons (Fsp3) is 0.250. The summed E-state index contributed by atoms with van der Waals surface area (Å²) in [6.45, 7) is 0. The highest BCUT2D eigenvalue weighted by atomic mass is 16.4. The number of carbonyl (C=O) groups is 1. The Morgan fingerprint density at radius 3 is 2.64 bits per heavy atom. The van der Waals surface area contributed by atoms with E-state index < -0.39 is 5.97 Å². The summed E-state index contributed by atoms with van der Waals surface area (Å²) in [5.41, 5.74) is 1.27. The van der Waals surface area contributed by atoms with Crippen molar-refractivity contribution < 1.29 is 9.90 Å². The molecule has 0 spiro atoms. The minimum atomic E-state index is -1.05. The van der Waals surface area contributed by atoms with E-state index in [1.165, 1.54) is 5.56 Å². The first-order valence-electron chi connectivity index (χ1n) is 4.55. The monoisotopic (exact) mass is 188 g/mol. The van der Waals surface area contributed by atoms with Crippen molar-refractivity contribution in [1.29, 1.82) is 0 Å². The zero-order valence-electron chi connectivity index (χ0n) is 7.86. The van der Waals surface area contributed by atoms with E-state index >= 15 is 0 Å². The lowest BCUT2D eigenvalue weighted by Crippen LogP contribution is -1.87. The average molecular weight is 188 g/mol. The summed E-state index contributed by atoms with van der Waals surface area (Å²) in [6, 6.07) is 10.1. The van der Waals surface area contributed by atoms with Crippen LogP contribution in [0.5, 0.6) is 0 Å². The van der Waals surface area contributed by atoms with Gasteiger partial charge in [-0.05, 0) is 18.4 Å². The van der Waals surface area contributed by atoms with Crippen molar-refractivity contribution in [3.8, 4) is 11.8 Å². The lowest BCUT2D eigenvalue weighted by Gasteiger charge is -1.96. The van der Waals surface area contributed by atoms with Crippen molar-refractivity contribution in [2.24, 2.45) is 0 Å². The van der Waals surface area contributed by atoms with Gasteiger partial charge in [-0.15, -0.1) is 0 Å². The molecule has 0 aliphatic rings. The number of hydrogen-bond donors (Lipinski definition) is 1. The van der Waals surface area contributed by atoms with E-state index in [4.69, 9.17) is 5.11 Å². The van der Waals surface area contributed by atoms with Crippen LogP contribution in [0.1, 0.15) is 18.4 Å². The van der Waals surface area contributed by atoms with Gasteiger partial charge < -0.3 is 5.11 Å². The Morgan fingerprint density at radius 2 is 2.00 bits per heavy atom. The molecule has 72 valence electrons. The van der Waals surface area contributed by atoms with Gasteiger partial charge in [0.25, 0.3) is 0 Å².